The Hall–Kier alpha value is -8.76. The molecule has 6 aromatic rings. The van der Waals surface area contributed by atoms with E-state index < -0.39 is 17.1 Å². The highest BCUT2D eigenvalue weighted by Crippen LogP contribution is 2.28. The average Bonchev–Trinajstić information content (AvgIpc) is 3.32. The number of hydrogen-bond donors (Lipinski definition) is 3. The van der Waals surface area contributed by atoms with Crippen molar-refractivity contribution in [2.75, 3.05) is 5.32 Å². The fourth-order valence-corrected chi connectivity index (χ4v) is 5.34. The molecule has 0 unspecified atom stereocenters. The minimum absolute atomic E-state index is 0.0371. The van der Waals surface area contributed by atoms with Gasteiger partial charge in [0, 0.05) is 96.0 Å². The highest BCUT2D eigenvalue weighted by atomic mass is 35.5. The van der Waals surface area contributed by atoms with Crippen LogP contribution < -0.4 is 15.5 Å². The van der Waals surface area contributed by atoms with Gasteiger partial charge in [0.15, 0.2) is 28.9 Å². The van der Waals surface area contributed by atoms with Gasteiger partial charge in [0.05, 0.1) is 22.4 Å². The standard InChI is InChI=1S/C20H15N3O4.C15H13NO3.C8H7NO2.C6H4ClNO/c1-13(24)14-6-7-17(23-19(25)15-4-2-8-21-11-15)18(10-14)27-20(26)16-5-3-9-22-12-16;1-10(17)11-4-5-12(14(18)7-11)8-15(19)13-3-2-6-16-9-13;1-5(10)6-2-3-7(9)8(11)4-6;7-6(9)5-2-1-3-8-4-5/h2-12H,1H3,(H,23,25);2-7,9,18H,8H2,1H3;2-4,9H,1H3;1-4H/p+1. The first-order chi connectivity index (χ1) is 31.5. The van der Waals surface area contributed by atoms with Crippen LogP contribution in [0, 0.1) is 0 Å². The van der Waals surface area contributed by atoms with Crippen LogP contribution in [0.1, 0.15) is 88.5 Å². The van der Waals surface area contributed by atoms with Gasteiger partial charge in [-0.15, -0.1) is 0 Å². The van der Waals surface area contributed by atoms with E-state index in [1.54, 1.807) is 91.4 Å². The van der Waals surface area contributed by atoms with Gasteiger partial charge in [0.25, 0.3) is 11.1 Å². The third-order valence-corrected chi connectivity index (χ3v) is 9.01. The van der Waals surface area contributed by atoms with Crippen LogP contribution in [-0.2, 0) is 16.0 Å². The van der Waals surface area contributed by atoms with E-state index >= 15 is 0 Å². The highest BCUT2D eigenvalue weighted by Gasteiger charge is 2.18. The third-order valence-electron chi connectivity index (χ3n) is 8.79. The van der Waals surface area contributed by atoms with E-state index in [-0.39, 0.29) is 63.8 Å². The summed E-state index contributed by atoms with van der Waals surface area (Å²) < 4.78 is 5.40. The Morgan fingerprint density at radius 2 is 1.15 bits per heavy atom. The van der Waals surface area contributed by atoms with Crippen LogP contribution in [0.25, 0.3) is 0 Å². The minimum Gasteiger partial charge on any atom is -0.508 e. The van der Waals surface area contributed by atoms with Crippen molar-refractivity contribution in [2.45, 2.75) is 27.2 Å². The van der Waals surface area contributed by atoms with Gasteiger partial charge in [0.2, 0.25) is 11.5 Å². The predicted octanol–water partition coefficient (Wildman–Crippen LogP) is 5.87. The van der Waals surface area contributed by atoms with Gasteiger partial charge in [-0.05, 0) is 111 Å². The van der Waals surface area contributed by atoms with Crippen LogP contribution in [0.15, 0.2) is 158 Å². The largest absolute Gasteiger partial charge is 0.508 e. The Morgan fingerprint density at radius 3 is 1.62 bits per heavy atom. The number of nitrogens with two attached hydrogens (primary N) is 1. The molecule has 0 saturated carbocycles. The molecule has 4 aromatic heterocycles. The number of pyridine rings is 4. The van der Waals surface area contributed by atoms with E-state index in [4.69, 9.17) is 21.7 Å². The number of anilines is 1. The number of ether oxygens (including phenoxy) is 1. The number of allylic oxidation sites excluding steroid dienone is 4. The number of rotatable bonds is 11. The molecule has 0 atom stereocenters. The number of nitrogens with zero attached hydrogens (tertiary/aromatic N) is 4. The van der Waals surface area contributed by atoms with Crippen LogP contribution >= 0.6 is 11.6 Å². The van der Waals surface area contributed by atoms with Gasteiger partial charge in [-0.2, -0.15) is 0 Å². The smallest absolute Gasteiger partial charge is 0.345 e. The number of phenols is 1. The van der Waals surface area contributed by atoms with E-state index in [2.05, 4.69) is 25.3 Å². The van der Waals surface area contributed by atoms with Crippen molar-refractivity contribution in [3.63, 3.8) is 0 Å². The molecule has 0 saturated heterocycles. The number of benzene rings is 2. The third kappa shape index (κ3) is 15.5. The number of aromatic nitrogens is 4. The molecule has 0 fully saturated rings. The number of aromatic hydroxyl groups is 1. The number of phenolic OH excluding ortho intramolecular Hbond substituents is 1. The predicted molar refractivity (Wildman–Crippen MR) is 242 cm³/mol. The molecule has 332 valence electrons. The van der Waals surface area contributed by atoms with E-state index in [0.29, 0.717) is 39.0 Å². The molecule has 0 bridgehead atoms. The van der Waals surface area contributed by atoms with Crippen LogP contribution in [0.2, 0.25) is 0 Å². The maximum atomic E-state index is 12.4. The first-order valence-electron chi connectivity index (χ1n) is 19.5. The van der Waals surface area contributed by atoms with Crippen molar-refractivity contribution >= 4 is 69.0 Å². The SMILES string of the molecule is CC(=O)C1=CC(=O)C(=[NH2+])C=C1.CC(=O)c1ccc(CC(=O)c2cccnc2)c(O)c1.CC(=O)c1ccc(NC(=O)c2cccnc2)c(OC(=O)c2cccnc2)c1.O=C(Cl)c1cccnc1. The Kier molecular flexibility index (Phi) is 18.7. The lowest BCUT2D eigenvalue weighted by Gasteiger charge is -2.12. The van der Waals surface area contributed by atoms with E-state index in [9.17, 15) is 43.5 Å². The number of hydrogen-bond acceptors (Lipinski definition) is 14. The Bertz CT molecular complexity index is 2840. The average molecular weight is 908 g/mol. The summed E-state index contributed by atoms with van der Waals surface area (Å²) >= 11 is 5.12. The molecule has 1 aliphatic rings. The van der Waals surface area contributed by atoms with Crippen LogP contribution in [0.5, 0.6) is 11.5 Å². The fraction of sp³-hybridized carbons (Fsp3) is 0.0816. The molecular weight excluding hydrogens is 868 g/mol. The summed E-state index contributed by atoms with van der Waals surface area (Å²) in [4.78, 5) is 107. The molecule has 16 nitrogen and oxygen atoms in total. The summed E-state index contributed by atoms with van der Waals surface area (Å²) in [5.41, 5.74) is 3.63. The molecule has 66 heavy (non-hydrogen) atoms. The maximum absolute atomic E-state index is 12.4. The van der Waals surface area contributed by atoms with Gasteiger partial charge < -0.3 is 15.2 Å². The van der Waals surface area contributed by atoms with Gasteiger partial charge in [-0.25, -0.2) is 4.79 Å². The van der Waals surface area contributed by atoms with Crippen molar-refractivity contribution < 1.29 is 53.6 Å². The lowest BCUT2D eigenvalue weighted by molar-refractivity contribution is -0.131. The quantitative estimate of drug-likeness (QED) is 0.0452. The summed E-state index contributed by atoms with van der Waals surface area (Å²) in [5, 5.41) is 17.3. The Morgan fingerprint density at radius 1 is 0.636 bits per heavy atom. The number of Topliss-reactive ketones (excluding diaryl/α,β-unsaturated/α-hetero) is 4. The van der Waals surface area contributed by atoms with Crippen molar-refractivity contribution in [2.24, 2.45) is 0 Å². The molecule has 4 heterocycles. The summed E-state index contributed by atoms with van der Waals surface area (Å²) in [5.74, 6) is -1.91. The number of carbonyl (C=O) groups is 8. The molecule has 4 N–H and O–H groups in total. The lowest BCUT2D eigenvalue weighted by atomic mass is 10.0. The van der Waals surface area contributed by atoms with Crippen molar-refractivity contribution in [3.8, 4) is 11.5 Å². The van der Waals surface area contributed by atoms with Crippen molar-refractivity contribution in [1.29, 1.82) is 0 Å². The van der Waals surface area contributed by atoms with Gasteiger partial charge in [-0.1, -0.05) is 12.1 Å². The van der Waals surface area contributed by atoms with Gasteiger partial charge >= 0.3 is 5.97 Å². The number of nitrogens with one attached hydrogen (secondary N) is 1. The second-order valence-corrected chi connectivity index (χ2v) is 14.0. The molecular formula is C49H40ClN6O10+. The van der Waals surface area contributed by atoms with Crippen LogP contribution in [0.3, 0.4) is 0 Å². The summed E-state index contributed by atoms with van der Waals surface area (Å²) in [7, 11) is 0. The fourth-order valence-electron chi connectivity index (χ4n) is 5.23. The first-order valence-corrected chi connectivity index (χ1v) is 19.8. The number of halogens is 1. The van der Waals surface area contributed by atoms with Crippen molar-refractivity contribution in [1.82, 2.24) is 19.9 Å². The number of esters is 1. The molecule has 2 aromatic carbocycles. The second kappa shape index (κ2) is 24.8. The minimum atomic E-state index is -0.652. The van der Waals surface area contributed by atoms with Crippen LogP contribution in [-0.4, -0.2) is 76.8 Å². The first kappa shape index (κ1) is 49.9. The molecule has 1 aliphatic carbocycles. The van der Waals surface area contributed by atoms with Gasteiger partial charge in [0.1, 0.15) is 5.75 Å². The lowest BCUT2D eigenvalue weighted by Crippen LogP contribution is -2.43. The van der Waals surface area contributed by atoms with Crippen LogP contribution in [0.4, 0.5) is 5.69 Å². The summed E-state index contributed by atoms with van der Waals surface area (Å²) in [6.45, 7) is 4.23. The van der Waals surface area contributed by atoms with E-state index in [0.717, 1.165) is 0 Å². The monoisotopic (exact) mass is 907 g/mol. The molecule has 0 radical (unpaired) electrons. The Balaban J connectivity index is 0.000000211. The molecule has 1 amide bonds. The highest BCUT2D eigenvalue weighted by molar-refractivity contribution is 6.67. The van der Waals surface area contributed by atoms with Gasteiger partial charge in [-0.3, -0.25) is 58.9 Å². The summed E-state index contributed by atoms with van der Waals surface area (Å²) in [6.07, 6.45) is 16.3. The molecule has 17 heteroatoms. The zero-order valence-electron chi connectivity index (χ0n) is 35.5. The zero-order valence-corrected chi connectivity index (χ0v) is 36.3. The molecule has 0 aliphatic heterocycles. The summed E-state index contributed by atoms with van der Waals surface area (Å²) in [6, 6.07) is 22.1. The van der Waals surface area contributed by atoms with Crippen molar-refractivity contribution in [3.05, 3.63) is 197 Å². The number of carbonyl (C=O) groups excluding carboxylic acids is 8. The molecule has 0 spiro atoms. The van der Waals surface area contributed by atoms with E-state index in [1.807, 2.05) is 0 Å². The normalized spacial score (nSPS) is 11.1. The molecule has 7 rings (SSSR count). The van der Waals surface area contributed by atoms with E-state index in [1.165, 1.54) is 82.1 Å². The number of ketones is 5. The second-order valence-electron chi connectivity index (χ2n) is 13.7. The maximum Gasteiger partial charge on any atom is 0.345 e. The Labute approximate surface area is 382 Å². The number of amides is 1. The zero-order chi connectivity index (χ0) is 48.2. The topological polar surface area (TPSA) is 255 Å².